The lowest BCUT2D eigenvalue weighted by atomic mass is 10.4. The van der Waals surface area contributed by atoms with Gasteiger partial charge < -0.3 is 14.6 Å². The van der Waals surface area contributed by atoms with E-state index in [1.54, 1.807) is 36.2 Å². The lowest BCUT2D eigenvalue weighted by Crippen LogP contribution is -2.17. The summed E-state index contributed by atoms with van der Waals surface area (Å²) in [6, 6.07) is 3.41. The van der Waals surface area contributed by atoms with E-state index >= 15 is 0 Å². The maximum atomic E-state index is 12.0. The van der Waals surface area contributed by atoms with Crippen molar-refractivity contribution < 1.29 is 9.53 Å². The number of amides is 1. The maximum Gasteiger partial charge on any atom is 0.291 e. The molecule has 0 saturated heterocycles. The summed E-state index contributed by atoms with van der Waals surface area (Å²) >= 11 is 0. The number of nitrogens with one attached hydrogen (secondary N) is 1. The van der Waals surface area contributed by atoms with Crippen molar-refractivity contribution in [2.75, 3.05) is 12.4 Å². The summed E-state index contributed by atoms with van der Waals surface area (Å²) in [6.07, 6.45) is 4.90. The lowest BCUT2D eigenvalue weighted by molar-refractivity contribution is 0.101. The Morgan fingerprint density at radius 1 is 1.44 bits per heavy atom. The molecule has 0 atom stereocenters. The Labute approximate surface area is 105 Å². The summed E-state index contributed by atoms with van der Waals surface area (Å²) in [5, 5.41) is 2.73. The minimum atomic E-state index is -0.256. The van der Waals surface area contributed by atoms with E-state index in [0.717, 1.165) is 0 Å². The number of anilines is 1. The standard InChI is InChI=1S/C12H14N4O2/c1-3-16-7-6-13-11(16)12(17)15-9-4-5-10(18-2)14-8-9/h4-8H,3H2,1-2H3,(H,15,17). The van der Waals surface area contributed by atoms with Gasteiger partial charge in [0.2, 0.25) is 5.88 Å². The third-order valence-electron chi connectivity index (χ3n) is 2.46. The number of aryl methyl sites for hydroxylation is 1. The number of carbonyl (C=O) groups is 1. The Balaban J connectivity index is 2.11. The van der Waals surface area contributed by atoms with Crippen molar-refractivity contribution in [1.82, 2.24) is 14.5 Å². The van der Waals surface area contributed by atoms with E-state index in [1.807, 2.05) is 6.92 Å². The second-order valence-corrected chi connectivity index (χ2v) is 3.58. The van der Waals surface area contributed by atoms with E-state index in [9.17, 15) is 4.79 Å². The minimum absolute atomic E-state index is 0.256. The fourth-order valence-electron chi connectivity index (χ4n) is 1.54. The molecule has 0 aliphatic carbocycles. The van der Waals surface area contributed by atoms with Gasteiger partial charge in [-0.15, -0.1) is 0 Å². The number of methoxy groups -OCH3 is 1. The van der Waals surface area contributed by atoms with Gasteiger partial charge in [0.1, 0.15) is 0 Å². The van der Waals surface area contributed by atoms with Crippen LogP contribution in [-0.4, -0.2) is 27.6 Å². The van der Waals surface area contributed by atoms with E-state index in [4.69, 9.17) is 4.74 Å². The predicted octanol–water partition coefficient (Wildman–Crippen LogP) is 1.56. The van der Waals surface area contributed by atoms with Crippen molar-refractivity contribution in [2.24, 2.45) is 0 Å². The number of hydrogen-bond acceptors (Lipinski definition) is 4. The molecule has 1 N–H and O–H groups in total. The molecule has 0 aromatic carbocycles. The van der Waals surface area contributed by atoms with Crippen LogP contribution in [0.1, 0.15) is 17.5 Å². The molecule has 0 aliphatic rings. The summed E-state index contributed by atoms with van der Waals surface area (Å²) < 4.78 is 6.71. The Kier molecular flexibility index (Phi) is 3.57. The zero-order valence-corrected chi connectivity index (χ0v) is 10.3. The van der Waals surface area contributed by atoms with Gasteiger partial charge in [-0.2, -0.15) is 0 Å². The van der Waals surface area contributed by atoms with Crippen LogP contribution in [0.5, 0.6) is 5.88 Å². The molecular formula is C12H14N4O2. The summed E-state index contributed by atoms with van der Waals surface area (Å²) in [5.41, 5.74) is 0.603. The molecule has 2 heterocycles. The molecule has 2 aromatic heterocycles. The zero-order valence-electron chi connectivity index (χ0n) is 10.3. The Bertz CT molecular complexity index is 533. The summed E-state index contributed by atoms with van der Waals surface area (Å²) in [4.78, 5) is 20.0. The van der Waals surface area contributed by atoms with Gasteiger partial charge >= 0.3 is 0 Å². The molecule has 0 aliphatic heterocycles. The first-order chi connectivity index (χ1) is 8.74. The monoisotopic (exact) mass is 246 g/mol. The fourth-order valence-corrected chi connectivity index (χ4v) is 1.54. The highest BCUT2D eigenvalue weighted by atomic mass is 16.5. The largest absolute Gasteiger partial charge is 0.481 e. The normalized spacial score (nSPS) is 10.1. The number of ether oxygens (including phenoxy) is 1. The van der Waals surface area contributed by atoms with Gasteiger partial charge in [-0.25, -0.2) is 9.97 Å². The highest BCUT2D eigenvalue weighted by Crippen LogP contribution is 2.12. The number of rotatable bonds is 4. The number of aromatic nitrogens is 3. The second kappa shape index (κ2) is 5.31. The van der Waals surface area contributed by atoms with E-state index in [1.165, 1.54) is 6.20 Å². The molecule has 0 spiro atoms. The van der Waals surface area contributed by atoms with E-state index in [0.29, 0.717) is 23.9 Å². The van der Waals surface area contributed by atoms with Gasteiger partial charge in [-0.05, 0) is 13.0 Å². The summed E-state index contributed by atoms with van der Waals surface area (Å²) in [6.45, 7) is 2.65. The second-order valence-electron chi connectivity index (χ2n) is 3.58. The summed E-state index contributed by atoms with van der Waals surface area (Å²) in [5.74, 6) is 0.630. The van der Waals surface area contributed by atoms with Crippen molar-refractivity contribution in [3.05, 3.63) is 36.5 Å². The molecule has 6 nitrogen and oxygen atoms in total. The number of hydrogen-bond donors (Lipinski definition) is 1. The molecule has 18 heavy (non-hydrogen) atoms. The van der Waals surface area contributed by atoms with Gasteiger partial charge in [0.25, 0.3) is 5.91 Å². The molecule has 1 amide bonds. The molecule has 94 valence electrons. The topological polar surface area (TPSA) is 69.0 Å². The molecule has 2 rings (SSSR count). The molecule has 0 saturated carbocycles. The van der Waals surface area contributed by atoms with Crippen LogP contribution in [-0.2, 0) is 6.54 Å². The molecule has 0 radical (unpaired) electrons. The molecule has 6 heteroatoms. The zero-order chi connectivity index (χ0) is 13.0. The van der Waals surface area contributed by atoms with Crippen LogP contribution >= 0.6 is 0 Å². The van der Waals surface area contributed by atoms with Crippen molar-refractivity contribution in [3.63, 3.8) is 0 Å². The average molecular weight is 246 g/mol. The maximum absolute atomic E-state index is 12.0. The van der Waals surface area contributed by atoms with Gasteiger partial charge in [-0.1, -0.05) is 0 Å². The first-order valence-electron chi connectivity index (χ1n) is 5.57. The Morgan fingerprint density at radius 3 is 2.89 bits per heavy atom. The predicted molar refractivity (Wildman–Crippen MR) is 66.6 cm³/mol. The quantitative estimate of drug-likeness (QED) is 0.888. The first kappa shape index (κ1) is 12.1. The minimum Gasteiger partial charge on any atom is -0.481 e. The number of imidazole rings is 1. The molecule has 0 bridgehead atoms. The van der Waals surface area contributed by atoms with Crippen molar-refractivity contribution in [3.8, 4) is 5.88 Å². The smallest absolute Gasteiger partial charge is 0.291 e. The van der Waals surface area contributed by atoms with E-state index < -0.39 is 0 Å². The van der Waals surface area contributed by atoms with Crippen LogP contribution in [0.2, 0.25) is 0 Å². The van der Waals surface area contributed by atoms with Crippen molar-refractivity contribution in [1.29, 1.82) is 0 Å². The first-order valence-corrected chi connectivity index (χ1v) is 5.57. The van der Waals surface area contributed by atoms with Gasteiger partial charge in [0, 0.05) is 25.0 Å². The van der Waals surface area contributed by atoms with E-state index in [2.05, 4.69) is 15.3 Å². The van der Waals surface area contributed by atoms with Crippen LogP contribution in [0.15, 0.2) is 30.7 Å². The van der Waals surface area contributed by atoms with E-state index in [-0.39, 0.29) is 5.91 Å². The van der Waals surface area contributed by atoms with Gasteiger partial charge in [0.15, 0.2) is 5.82 Å². The number of pyridine rings is 1. The molecule has 0 fully saturated rings. The van der Waals surface area contributed by atoms with Gasteiger partial charge in [0.05, 0.1) is 19.0 Å². The van der Waals surface area contributed by atoms with Crippen LogP contribution in [0.4, 0.5) is 5.69 Å². The van der Waals surface area contributed by atoms with Crippen LogP contribution < -0.4 is 10.1 Å². The third kappa shape index (κ3) is 2.48. The third-order valence-corrected chi connectivity index (χ3v) is 2.46. The lowest BCUT2D eigenvalue weighted by Gasteiger charge is -2.06. The highest BCUT2D eigenvalue weighted by Gasteiger charge is 2.12. The summed E-state index contributed by atoms with van der Waals surface area (Å²) in [7, 11) is 1.54. The Morgan fingerprint density at radius 2 is 2.28 bits per heavy atom. The highest BCUT2D eigenvalue weighted by molar-refractivity contribution is 6.01. The van der Waals surface area contributed by atoms with Crippen LogP contribution in [0.3, 0.4) is 0 Å². The molecule has 0 unspecified atom stereocenters. The van der Waals surface area contributed by atoms with Gasteiger partial charge in [-0.3, -0.25) is 4.79 Å². The Hall–Kier alpha value is -2.37. The number of nitrogens with zero attached hydrogens (tertiary/aromatic N) is 3. The van der Waals surface area contributed by atoms with Crippen molar-refractivity contribution >= 4 is 11.6 Å². The van der Waals surface area contributed by atoms with Crippen molar-refractivity contribution in [2.45, 2.75) is 13.5 Å². The average Bonchev–Trinajstić information content (AvgIpc) is 2.88. The number of carbonyl (C=O) groups excluding carboxylic acids is 1. The fraction of sp³-hybridized carbons (Fsp3) is 0.250. The van der Waals surface area contributed by atoms with Crippen LogP contribution in [0.25, 0.3) is 0 Å². The molecule has 2 aromatic rings. The molecular weight excluding hydrogens is 232 g/mol. The SMILES string of the molecule is CCn1ccnc1C(=O)Nc1ccc(OC)nc1. The van der Waals surface area contributed by atoms with Crippen LogP contribution in [0, 0.1) is 0 Å².